The number of amides is 1. The van der Waals surface area contributed by atoms with E-state index in [1.54, 1.807) is 6.92 Å². The summed E-state index contributed by atoms with van der Waals surface area (Å²) >= 11 is 0. The highest BCUT2D eigenvalue weighted by Gasteiger charge is 2.41. The Hall–Kier alpha value is -2.12. The van der Waals surface area contributed by atoms with E-state index in [9.17, 15) is 27.2 Å². The zero-order valence-corrected chi connectivity index (χ0v) is 11.5. The van der Waals surface area contributed by atoms with Gasteiger partial charge in [0.05, 0.1) is 17.0 Å². The molecule has 120 valence electrons. The molecule has 8 heteroatoms. The standard InChI is InChI=1S/C14H13F4NO3/c1-7-5-19(6-10(7)13(21)22)12(20)9-3-2-8(15)4-11(9)14(16,17)18/h2-4,7,10H,5-6H2,1H3,(H,21,22)/t7-,10-/m1/s1. The molecule has 0 aliphatic carbocycles. The van der Waals surface area contributed by atoms with Crippen molar-refractivity contribution in [3.8, 4) is 0 Å². The second-order valence-corrected chi connectivity index (χ2v) is 5.32. The van der Waals surface area contributed by atoms with Crippen molar-refractivity contribution < 1.29 is 32.3 Å². The average Bonchev–Trinajstić information content (AvgIpc) is 2.79. The first-order chi connectivity index (χ1) is 10.1. The fourth-order valence-electron chi connectivity index (χ4n) is 2.56. The van der Waals surface area contributed by atoms with Gasteiger partial charge in [0.15, 0.2) is 0 Å². The molecular weight excluding hydrogens is 306 g/mol. The summed E-state index contributed by atoms with van der Waals surface area (Å²) in [5.41, 5.74) is -2.03. The lowest BCUT2D eigenvalue weighted by Gasteiger charge is -2.19. The van der Waals surface area contributed by atoms with Crippen LogP contribution in [0.3, 0.4) is 0 Å². The van der Waals surface area contributed by atoms with E-state index in [1.165, 1.54) is 0 Å². The van der Waals surface area contributed by atoms with Gasteiger partial charge in [-0.2, -0.15) is 13.2 Å². The van der Waals surface area contributed by atoms with Crippen molar-refractivity contribution in [1.29, 1.82) is 0 Å². The first-order valence-electron chi connectivity index (χ1n) is 6.50. The lowest BCUT2D eigenvalue weighted by atomic mass is 9.99. The number of nitrogens with zero attached hydrogens (tertiary/aromatic N) is 1. The molecule has 1 N–H and O–H groups in total. The molecule has 1 amide bonds. The average molecular weight is 319 g/mol. The molecule has 2 atom stereocenters. The number of likely N-dealkylation sites (tertiary alicyclic amines) is 1. The first-order valence-corrected chi connectivity index (χ1v) is 6.50. The zero-order chi connectivity index (χ0) is 16.7. The van der Waals surface area contributed by atoms with Crippen LogP contribution in [-0.2, 0) is 11.0 Å². The number of hydrogen-bond acceptors (Lipinski definition) is 2. The molecule has 22 heavy (non-hydrogen) atoms. The monoisotopic (exact) mass is 319 g/mol. The number of rotatable bonds is 2. The van der Waals surface area contributed by atoms with E-state index in [0.29, 0.717) is 0 Å². The second kappa shape index (κ2) is 5.58. The summed E-state index contributed by atoms with van der Waals surface area (Å²) in [4.78, 5) is 24.3. The van der Waals surface area contributed by atoms with Crippen molar-refractivity contribution in [2.75, 3.05) is 13.1 Å². The van der Waals surface area contributed by atoms with E-state index in [0.717, 1.165) is 17.0 Å². The minimum atomic E-state index is -4.87. The molecule has 1 aliphatic rings. The summed E-state index contributed by atoms with van der Waals surface area (Å²) in [6, 6.07) is 1.82. The van der Waals surface area contributed by atoms with Gasteiger partial charge < -0.3 is 10.0 Å². The molecule has 1 fully saturated rings. The van der Waals surface area contributed by atoms with E-state index >= 15 is 0 Å². The van der Waals surface area contributed by atoms with Crippen molar-refractivity contribution in [3.63, 3.8) is 0 Å². The summed E-state index contributed by atoms with van der Waals surface area (Å²) in [6.07, 6.45) is -4.87. The molecule has 1 aromatic rings. The van der Waals surface area contributed by atoms with Crippen LogP contribution in [0.25, 0.3) is 0 Å². The van der Waals surface area contributed by atoms with E-state index in [2.05, 4.69) is 0 Å². The number of carboxylic acids is 1. The third kappa shape index (κ3) is 3.05. The molecular formula is C14H13F4NO3. The molecule has 1 heterocycles. The van der Waals surface area contributed by atoms with Crippen LogP contribution in [0.1, 0.15) is 22.8 Å². The predicted molar refractivity (Wildman–Crippen MR) is 67.6 cm³/mol. The second-order valence-electron chi connectivity index (χ2n) is 5.32. The van der Waals surface area contributed by atoms with E-state index in [1.807, 2.05) is 0 Å². The quantitative estimate of drug-likeness (QED) is 0.853. The molecule has 0 saturated carbocycles. The Morgan fingerprint density at radius 2 is 1.91 bits per heavy atom. The topological polar surface area (TPSA) is 57.6 Å². The van der Waals surface area contributed by atoms with Crippen molar-refractivity contribution in [2.45, 2.75) is 13.1 Å². The number of carbonyl (C=O) groups excluding carboxylic acids is 1. The van der Waals surface area contributed by atoms with Gasteiger partial charge in [-0.15, -0.1) is 0 Å². The van der Waals surface area contributed by atoms with Gasteiger partial charge >= 0.3 is 12.1 Å². The summed E-state index contributed by atoms with van der Waals surface area (Å²) in [6.45, 7) is 1.50. The van der Waals surface area contributed by atoms with Crippen LogP contribution < -0.4 is 0 Å². The largest absolute Gasteiger partial charge is 0.481 e. The molecule has 0 aromatic heterocycles. The van der Waals surface area contributed by atoms with Crippen molar-refractivity contribution in [2.24, 2.45) is 11.8 Å². The van der Waals surface area contributed by atoms with Gasteiger partial charge in [0, 0.05) is 13.1 Å². The van der Waals surface area contributed by atoms with Gasteiger partial charge in [-0.1, -0.05) is 6.92 Å². The Balaban J connectivity index is 2.33. The molecule has 2 rings (SSSR count). The maximum atomic E-state index is 13.0. The summed E-state index contributed by atoms with van der Waals surface area (Å²) in [7, 11) is 0. The lowest BCUT2D eigenvalue weighted by molar-refractivity contribution is -0.142. The summed E-state index contributed by atoms with van der Waals surface area (Å²) in [5.74, 6) is -4.32. The Morgan fingerprint density at radius 1 is 1.27 bits per heavy atom. The third-order valence-corrected chi connectivity index (χ3v) is 3.73. The Morgan fingerprint density at radius 3 is 2.41 bits per heavy atom. The Kier molecular flexibility index (Phi) is 4.12. The van der Waals surface area contributed by atoms with Gasteiger partial charge in [0.25, 0.3) is 5.91 Å². The number of benzene rings is 1. The van der Waals surface area contributed by atoms with E-state index in [4.69, 9.17) is 5.11 Å². The van der Waals surface area contributed by atoms with Gasteiger partial charge in [0.2, 0.25) is 0 Å². The third-order valence-electron chi connectivity index (χ3n) is 3.73. The minimum Gasteiger partial charge on any atom is -0.481 e. The van der Waals surface area contributed by atoms with Gasteiger partial charge in [0.1, 0.15) is 5.82 Å². The van der Waals surface area contributed by atoms with Crippen LogP contribution in [0, 0.1) is 17.7 Å². The van der Waals surface area contributed by atoms with Crippen LogP contribution in [-0.4, -0.2) is 35.0 Å². The first kappa shape index (κ1) is 16.3. The minimum absolute atomic E-state index is 0.0461. The number of halogens is 4. The Labute approximate surface area is 123 Å². The van der Waals surface area contributed by atoms with Crippen molar-refractivity contribution in [3.05, 3.63) is 35.1 Å². The fraction of sp³-hybridized carbons (Fsp3) is 0.429. The van der Waals surface area contributed by atoms with Crippen molar-refractivity contribution >= 4 is 11.9 Å². The molecule has 1 aliphatic heterocycles. The van der Waals surface area contributed by atoms with E-state index in [-0.39, 0.29) is 25.1 Å². The molecule has 0 radical (unpaired) electrons. The maximum absolute atomic E-state index is 13.0. The lowest BCUT2D eigenvalue weighted by Crippen LogP contribution is -2.31. The Bertz CT molecular complexity index is 615. The molecule has 1 saturated heterocycles. The molecule has 0 bridgehead atoms. The number of aliphatic carboxylic acids is 1. The predicted octanol–water partition coefficient (Wildman–Crippen LogP) is 2.64. The SMILES string of the molecule is C[C@@H]1CN(C(=O)c2ccc(F)cc2C(F)(F)F)C[C@H]1C(=O)O. The van der Waals surface area contributed by atoms with Crippen LogP contribution in [0.4, 0.5) is 17.6 Å². The number of carbonyl (C=O) groups is 2. The van der Waals surface area contributed by atoms with Crippen LogP contribution in [0.15, 0.2) is 18.2 Å². The smallest absolute Gasteiger partial charge is 0.417 e. The molecule has 0 unspecified atom stereocenters. The fourth-order valence-corrected chi connectivity index (χ4v) is 2.56. The zero-order valence-electron chi connectivity index (χ0n) is 11.5. The van der Waals surface area contributed by atoms with Crippen LogP contribution >= 0.6 is 0 Å². The van der Waals surface area contributed by atoms with Crippen LogP contribution in [0.5, 0.6) is 0 Å². The van der Waals surface area contributed by atoms with Gasteiger partial charge in [-0.3, -0.25) is 9.59 Å². The maximum Gasteiger partial charge on any atom is 0.417 e. The number of carboxylic acid groups (broad SMARTS) is 1. The van der Waals surface area contributed by atoms with Gasteiger partial charge in [-0.25, -0.2) is 4.39 Å². The summed E-state index contributed by atoms with van der Waals surface area (Å²) < 4.78 is 51.8. The molecule has 1 aromatic carbocycles. The number of hydrogen-bond donors (Lipinski definition) is 1. The molecule has 4 nitrogen and oxygen atoms in total. The van der Waals surface area contributed by atoms with Gasteiger partial charge in [-0.05, 0) is 24.1 Å². The molecule has 0 spiro atoms. The number of alkyl halides is 3. The highest BCUT2D eigenvalue weighted by atomic mass is 19.4. The van der Waals surface area contributed by atoms with Crippen LogP contribution in [0.2, 0.25) is 0 Å². The normalized spacial score (nSPS) is 22.0. The van der Waals surface area contributed by atoms with Crippen molar-refractivity contribution in [1.82, 2.24) is 4.90 Å². The highest BCUT2D eigenvalue weighted by molar-refractivity contribution is 5.96. The van der Waals surface area contributed by atoms with E-state index < -0.39 is 40.9 Å². The highest BCUT2D eigenvalue weighted by Crippen LogP contribution is 2.34. The summed E-state index contributed by atoms with van der Waals surface area (Å²) in [5, 5.41) is 9.01.